The zero-order valence-corrected chi connectivity index (χ0v) is 14.8. The first-order valence-electron chi connectivity index (χ1n) is 9.17. The highest BCUT2D eigenvalue weighted by atomic mass is 16.1. The van der Waals surface area contributed by atoms with E-state index in [1.165, 1.54) is 0 Å². The Morgan fingerprint density at radius 1 is 0.727 bits per heavy atom. The molecule has 4 fully saturated rings. The van der Waals surface area contributed by atoms with Crippen LogP contribution >= 0.6 is 0 Å². The number of carbonyl (C=O) groups excluding carboxylic acids is 2. The fourth-order valence-corrected chi connectivity index (χ4v) is 6.96. The van der Waals surface area contributed by atoms with Gasteiger partial charge in [0.1, 0.15) is 11.6 Å². The van der Waals surface area contributed by atoms with Crippen molar-refractivity contribution in [3.05, 3.63) is 0 Å². The van der Waals surface area contributed by atoms with Crippen molar-refractivity contribution in [3.8, 4) is 0 Å². The third-order valence-electron chi connectivity index (χ3n) is 9.12. The summed E-state index contributed by atoms with van der Waals surface area (Å²) in [6.45, 7) is 13.8. The van der Waals surface area contributed by atoms with E-state index in [-0.39, 0.29) is 34.5 Å². The fraction of sp³-hybridized carbons (Fsp3) is 0.900. The van der Waals surface area contributed by atoms with Gasteiger partial charge in [0, 0.05) is 23.7 Å². The Kier molecular flexibility index (Phi) is 2.74. The molecule has 2 nitrogen and oxygen atoms in total. The number of rotatable bonds is 1. The lowest BCUT2D eigenvalue weighted by atomic mass is 9.55. The van der Waals surface area contributed by atoms with Crippen LogP contribution in [-0.2, 0) is 9.59 Å². The normalized spacial score (nSPS) is 54.5. The maximum absolute atomic E-state index is 13.0. The van der Waals surface area contributed by atoms with Gasteiger partial charge in [-0.1, -0.05) is 41.5 Å². The smallest absolute Gasteiger partial charge is 0.140 e. The Morgan fingerprint density at radius 2 is 1.05 bits per heavy atom. The van der Waals surface area contributed by atoms with Gasteiger partial charge in [-0.25, -0.2) is 0 Å². The third kappa shape index (κ3) is 1.43. The SMILES string of the molecule is CC1C2CC(C(C3C(=O)C4CC3C(C)(C)C4C)C2=O)C1(C)C. The number of Topliss-reactive ketones (excluding diaryl/α,β-unsaturated/α-hetero) is 2. The van der Waals surface area contributed by atoms with Gasteiger partial charge in [0.05, 0.1) is 0 Å². The minimum absolute atomic E-state index is 0.0328. The summed E-state index contributed by atoms with van der Waals surface area (Å²) in [5.41, 5.74) is 0.419. The molecular weight excluding hydrogens is 272 g/mol. The van der Waals surface area contributed by atoms with Crippen LogP contribution in [0.1, 0.15) is 54.4 Å². The maximum Gasteiger partial charge on any atom is 0.140 e. The molecule has 0 radical (unpaired) electrons. The second kappa shape index (κ2) is 4.05. The van der Waals surface area contributed by atoms with Crippen molar-refractivity contribution in [2.75, 3.05) is 0 Å². The predicted molar refractivity (Wildman–Crippen MR) is 86.1 cm³/mol. The average Bonchev–Trinajstić information content (AvgIpc) is 3.06. The molecule has 4 aliphatic rings. The van der Waals surface area contributed by atoms with Crippen molar-refractivity contribution >= 4 is 11.6 Å². The van der Waals surface area contributed by atoms with Gasteiger partial charge in [0.15, 0.2) is 0 Å². The van der Waals surface area contributed by atoms with Gasteiger partial charge in [-0.3, -0.25) is 9.59 Å². The van der Waals surface area contributed by atoms with Crippen LogP contribution in [0.2, 0.25) is 0 Å². The summed E-state index contributed by atoms with van der Waals surface area (Å²) in [6, 6.07) is 0. The van der Waals surface area contributed by atoms with Gasteiger partial charge < -0.3 is 0 Å². The molecule has 4 bridgehead atoms. The van der Waals surface area contributed by atoms with Crippen LogP contribution in [0.25, 0.3) is 0 Å². The third-order valence-corrected chi connectivity index (χ3v) is 9.12. The van der Waals surface area contributed by atoms with Crippen molar-refractivity contribution < 1.29 is 9.59 Å². The summed E-state index contributed by atoms with van der Waals surface area (Å²) < 4.78 is 0. The van der Waals surface area contributed by atoms with Crippen LogP contribution < -0.4 is 0 Å². The number of ketones is 2. The Morgan fingerprint density at radius 3 is 1.32 bits per heavy atom. The summed E-state index contributed by atoms with van der Waals surface area (Å²) in [5.74, 6) is 3.19. The van der Waals surface area contributed by atoms with Gasteiger partial charge in [-0.05, 0) is 47.3 Å². The van der Waals surface area contributed by atoms with Crippen molar-refractivity contribution in [3.63, 3.8) is 0 Å². The second-order valence-electron chi connectivity index (χ2n) is 9.97. The molecule has 0 aromatic carbocycles. The molecule has 8 unspecified atom stereocenters. The van der Waals surface area contributed by atoms with Crippen LogP contribution in [0.5, 0.6) is 0 Å². The summed E-state index contributed by atoms with van der Waals surface area (Å²) in [6.07, 6.45) is 2.07. The van der Waals surface area contributed by atoms with Crippen molar-refractivity contribution in [2.45, 2.75) is 54.4 Å². The zero-order chi connectivity index (χ0) is 16.2. The van der Waals surface area contributed by atoms with Gasteiger partial charge in [0.2, 0.25) is 0 Å². The highest BCUT2D eigenvalue weighted by Gasteiger charge is 2.68. The molecule has 4 aliphatic carbocycles. The van der Waals surface area contributed by atoms with Crippen LogP contribution in [0.3, 0.4) is 0 Å². The Labute approximate surface area is 134 Å². The molecule has 0 aliphatic heterocycles. The first-order valence-corrected chi connectivity index (χ1v) is 9.17. The van der Waals surface area contributed by atoms with Crippen LogP contribution in [0.15, 0.2) is 0 Å². The first-order chi connectivity index (χ1) is 10.1. The molecule has 0 saturated heterocycles. The molecule has 0 aromatic rings. The summed E-state index contributed by atoms with van der Waals surface area (Å²) in [4.78, 5) is 26.0. The van der Waals surface area contributed by atoms with Crippen LogP contribution in [-0.4, -0.2) is 11.6 Å². The van der Waals surface area contributed by atoms with E-state index < -0.39 is 0 Å². The van der Waals surface area contributed by atoms with E-state index >= 15 is 0 Å². The molecule has 4 saturated carbocycles. The summed E-state index contributed by atoms with van der Waals surface area (Å²) >= 11 is 0. The molecule has 0 heterocycles. The highest BCUT2D eigenvalue weighted by molar-refractivity contribution is 5.96. The molecular formula is C20H30O2. The Balaban J connectivity index is 1.72. The quantitative estimate of drug-likeness (QED) is 0.734. The van der Waals surface area contributed by atoms with E-state index in [0.717, 1.165) is 12.8 Å². The standard InChI is InChI=1S/C20H30O2/c1-9-11-7-13(19(9,3)4)15(17(11)21)16-14-8-12(18(16)22)10(2)20(14,5)6/h9-16H,7-8H2,1-6H3. The second-order valence-corrected chi connectivity index (χ2v) is 9.97. The summed E-state index contributed by atoms with van der Waals surface area (Å²) in [5, 5.41) is 0. The largest absolute Gasteiger partial charge is 0.299 e. The van der Waals surface area contributed by atoms with E-state index in [1.807, 2.05) is 0 Å². The van der Waals surface area contributed by atoms with Gasteiger partial charge in [-0.2, -0.15) is 0 Å². The van der Waals surface area contributed by atoms with Crippen molar-refractivity contribution in [2.24, 2.45) is 58.2 Å². The monoisotopic (exact) mass is 302 g/mol. The lowest BCUT2D eigenvalue weighted by molar-refractivity contribution is -0.145. The first kappa shape index (κ1) is 14.9. The van der Waals surface area contributed by atoms with Gasteiger partial charge in [-0.15, -0.1) is 0 Å². The summed E-state index contributed by atoms with van der Waals surface area (Å²) in [7, 11) is 0. The zero-order valence-electron chi connectivity index (χ0n) is 14.8. The maximum atomic E-state index is 13.0. The molecule has 0 N–H and O–H groups in total. The lowest BCUT2D eigenvalue weighted by Crippen LogP contribution is -2.50. The van der Waals surface area contributed by atoms with Gasteiger partial charge in [0.25, 0.3) is 0 Å². The predicted octanol–water partition coefficient (Wildman–Crippen LogP) is 3.98. The topological polar surface area (TPSA) is 34.1 Å². The minimum atomic E-state index is 0.0328. The van der Waals surface area contributed by atoms with Crippen LogP contribution in [0.4, 0.5) is 0 Å². The van der Waals surface area contributed by atoms with E-state index in [9.17, 15) is 9.59 Å². The fourth-order valence-electron chi connectivity index (χ4n) is 6.96. The molecule has 0 aromatic heterocycles. The van der Waals surface area contributed by atoms with Gasteiger partial charge >= 0.3 is 0 Å². The minimum Gasteiger partial charge on any atom is -0.299 e. The highest BCUT2D eigenvalue weighted by Crippen LogP contribution is 2.68. The molecule has 4 rings (SSSR count). The average molecular weight is 302 g/mol. The lowest BCUT2D eigenvalue weighted by Gasteiger charge is -2.47. The Hall–Kier alpha value is -0.660. The van der Waals surface area contributed by atoms with Crippen molar-refractivity contribution in [1.82, 2.24) is 0 Å². The Bertz CT molecular complexity index is 508. The number of carbonyl (C=O) groups is 2. The molecule has 22 heavy (non-hydrogen) atoms. The molecule has 0 spiro atoms. The number of hydrogen-bond donors (Lipinski definition) is 0. The molecule has 0 amide bonds. The van der Waals surface area contributed by atoms with E-state index in [1.54, 1.807) is 0 Å². The molecule has 122 valence electrons. The van der Waals surface area contributed by atoms with E-state index in [4.69, 9.17) is 0 Å². The van der Waals surface area contributed by atoms with E-state index in [2.05, 4.69) is 41.5 Å². The molecule has 8 atom stereocenters. The van der Waals surface area contributed by atoms with Crippen LogP contribution in [0, 0.1) is 58.2 Å². The number of hydrogen-bond acceptors (Lipinski definition) is 2. The molecule has 2 heteroatoms. The van der Waals surface area contributed by atoms with Crippen molar-refractivity contribution in [1.29, 1.82) is 0 Å². The number of fused-ring (bicyclic) bond motifs is 4. The van der Waals surface area contributed by atoms with E-state index in [0.29, 0.717) is 35.2 Å².